The Kier molecular flexibility index (Phi) is 3.51. The fourth-order valence-electron chi connectivity index (χ4n) is 2.69. The molecule has 0 spiro atoms. The number of nitrogens with one attached hydrogen (secondary N) is 1. The van der Waals surface area contributed by atoms with E-state index in [4.69, 9.17) is 9.26 Å². The lowest BCUT2D eigenvalue weighted by Crippen LogP contribution is -2.37. The lowest BCUT2D eigenvalue weighted by atomic mass is 10.1. The Labute approximate surface area is 138 Å². The summed E-state index contributed by atoms with van der Waals surface area (Å²) >= 11 is 0. The van der Waals surface area contributed by atoms with Gasteiger partial charge in [0.2, 0.25) is 0 Å². The molecule has 1 atom stereocenters. The number of nitrogens with zero attached hydrogens (tertiary/aromatic N) is 2. The summed E-state index contributed by atoms with van der Waals surface area (Å²) in [5.41, 5.74) is 2.12. The molecule has 7 heteroatoms. The first kappa shape index (κ1) is 15.1. The maximum Gasteiger partial charge on any atom is 0.339 e. The van der Waals surface area contributed by atoms with Gasteiger partial charge in [0.1, 0.15) is 0 Å². The number of aryl methyl sites for hydroxylation is 1. The third-order valence-corrected chi connectivity index (χ3v) is 4.43. The number of hydrogen-bond donors (Lipinski definition) is 1. The van der Waals surface area contributed by atoms with Gasteiger partial charge in [0.25, 0.3) is 11.6 Å². The molecule has 24 heavy (non-hydrogen) atoms. The van der Waals surface area contributed by atoms with Crippen molar-refractivity contribution in [1.29, 1.82) is 0 Å². The van der Waals surface area contributed by atoms with Crippen LogP contribution in [0.15, 0.2) is 10.6 Å². The second kappa shape index (κ2) is 5.58. The second-order valence-corrected chi connectivity index (χ2v) is 6.65. The van der Waals surface area contributed by atoms with Crippen molar-refractivity contribution in [3.63, 3.8) is 0 Å². The number of rotatable bonds is 5. The van der Waals surface area contributed by atoms with Crippen LogP contribution in [-0.2, 0) is 9.53 Å². The second-order valence-electron chi connectivity index (χ2n) is 6.65. The first-order valence-corrected chi connectivity index (χ1v) is 8.31. The van der Waals surface area contributed by atoms with Gasteiger partial charge in [0.05, 0.1) is 16.6 Å². The summed E-state index contributed by atoms with van der Waals surface area (Å²) in [6.45, 7) is 3.33. The summed E-state index contributed by atoms with van der Waals surface area (Å²) in [7, 11) is 0. The Hall–Kier alpha value is -2.44. The maximum absolute atomic E-state index is 12.6. The van der Waals surface area contributed by atoms with Crippen LogP contribution in [0.1, 0.15) is 60.3 Å². The van der Waals surface area contributed by atoms with Crippen LogP contribution >= 0.6 is 0 Å². The van der Waals surface area contributed by atoms with E-state index in [9.17, 15) is 9.59 Å². The number of ether oxygens (including phenoxy) is 1. The molecule has 2 fully saturated rings. The van der Waals surface area contributed by atoms with Crippen LogP contribution < -0.4 is 5.32 Å². The van der Waals surface area contributed by atoms with Gasteiger partial charge in [0, 0.05) is 17.7 Å². The van der Waals surface area contributed by atoms with Crippen LogP contribution in [0.3, 0.4) is 0 Å². The van der Waals surface area contributed by atoms with E-state index in [1.54, 1.807) is 19.9 Å². The molecule has 2 aliphatic rings. The molecule has 1 amide bonds. The van der Waals surface area contributed by atoms with E-state index in [0.717, 1.165) is 31.4 Å². The van der Waals surface area contributed by atoms with Crippen LogP contribution in [-0.4, -0.2) is 34.2 Å². The first-order valence-electron chi connectivity index (χ1n) is 8.31. The molecule has 0 aromatic carbocycles. The molecule has 0 saturated heterocycles. The molecular weight excluding hydrogens is 310 g/mol. The molecule has 126 valence electrons. The van der Waals surface area contributed by atoms with E-state index in [0.29, 0.717) is 28.3 Å². The normalized spacial score (nSPS) is 18.4. The molecule has 2 saturated carbocycles. The minimum atomic E-state index is -0.842. The highest BCUT2D eigenvalue weighted by Crippen LogP contribution is 2.40. The number of carbonyl (C=O) groups is 2. The zero-order valence-electron chi connectivity index (χ0n) is 13.7. The van der Waals surface area contributed by atoms with E-state index in [2.05, 4.69) is 15.5 Å². The number of pyridine rings is 1. The van der Waals surface area contributed by atoms with E-state index in [-0.39, 0.29) is 11.9 Å². The highest BCUT2D eigenvalue weighted by molar-refractivity contribution is 6.04. The fraction of sp³-hybridized carbons (Fsp3) is 0.529. The van der Waals surface area contributed by atoms with Crippen molar-refractivity contribution < 1.29 is 18.8 Å². The molecule has 2 aromatic rings. The topological polar surface area (TPSA) is 94.3 Å². The molecule has 2 heterocycles. The highest BCUT2D eigenvalue weighted by Gasteiger charge is 2.31. The Morgan fingerprint density at radius 1 is 1.33 bits per heavy atom. The molecule has 2 aliphatic carbocycles. The summed E-state index contributed by atoms with van der Waals surface area (Å²) in [6.07, 6.45) is 3.25. The van der Waals surface area contributed by atoms with Gasteiger partial charge in [-0.3, -0.25) is 4.79 Å². The van der Waals surface area contributed by atoms with Gasteiger partial charge in [-0.15, -0.1) is 0 Å². The van der Waals surface area contributed by atoms with Crippen molar-refractivity contribution in [2.45, 2.75) is 57.6 Å². The lowest BCUT2D eigenvalue weighted by molar-refractivity contribution is -0.129. The maximum atomic E-state index is 12.6. The van der Waals surface area contributed by atoms with Crippen LogP contribution in [0.5, 0.6) is 0 Å². The molecule has 4 rings (SSSR count). The minimum Gasteiger partial charge on any atom is -0.449 e. The largest absolute Gasteiger partial charge is 0.449 e. The highest BCUT2D eigenvalue weighted by atomic mass is 16.5. The zero-order chi connectivity index (χ0) is 16.8. The van der Waals surface area contributed by atoms with Crippen molar-refractivity contribution in [3.8, 4) is 0 Å². The number of hydrogen-bond acceptors (Lipinski definition) is 6. The number of aromatic nitrogens is 2. The number of carbonyl (C=O) groups excluding carboxylic acids is 2. The van der Waals surface area contributed by atoms with Crippen LogP contribution in [0.4, 0.5) is 0 Å². The monoisotopic (exact) mass is 329 g/mol. The lowest BCUT2D eigenvalue weighted by Gasteiger charge is -2.14. The predicted octanol–water partition coefficient (Wildman–Crippen LogP) is 2.23. The van der Waals surface area contributed by atoms with Gasteiger partial charge in [-0.05, 0) is 45.6 Å². The van der Waals surface area contributed by atoms with E-state index in [1.165, 1.54) is 0 Å². The van der Waals surface area contributed by atoms with Crippen molar-refractivity contribution >= 4 is 23.0 Å². The predicted molar refractivity (Wildman–Crippen MR) is 84.6 cm³/mol. The molecule has 0 radical (unpaired) electrons. The first-order chi connectivity index (χ1) is 11.5. The standard InChI is InChI=1S/C17H19N3O4/c1-8-14-12(7-13(10-3-4-10)19-16(14)24-20-8)17(22)23-9(2)15(21)18-11-5-6-11/h7,9-11H,3-6H2,1-2H3,(H,18,21)/t9-/m0/s1. The van der Waals surface area contributed by atoms with E-state index in [1.807, 2.05) is 0 Å². The van der Waals surface area contributed by atoms with Gasteiger partial charge in [-0.25, -0.2) is 9.78 Å². The Bertz CT molecular complexity index is 821. The molecule has 0 aliphatic heterocycles. The average molecular weight is 329 g/mol. The van der Waals surface area contributed by atoms with Crippen molar-refractivity contribution in [2.24, 2.45) is 0 Å². The van der Waals surface area contributed by atoms with E-state index < -0.39 is 12.1 Å². The fourth-order valence-corrected chi connectivity index (χ4v) is 2.69. The third kappa shape index (κ3) is 2.86. The van der Waals surface area contributed by atoms with Crippen molar-refractivity contribution in [3.05, 3.63) is 23.0 Å². The summed E-state index contributed by atoms with van der Waals surface area (Å²) in [4.78, 5) is 29.1. The number of fused-ring (bicyclic) bond motifs is 1. The summed E-state index contributed by atoms with van der Waals surface area (Å²) in [5, 5.41) is 7.29. The van der Waals surface area contributed by atoms with Crippen LogP contribution in [0, 0.1) is 6.92 Å². The van der Waals surface area contributed by atoms with Crippen LogP contribution in [0.25, 0.3) is 11.1 Å². The van der Waals surface area contributed by atoms with Gasteiger partial charge in [-0.1, -0.05) is 5.16 Å². The Morgan fingerprint density at radius 2 is 2.08 bits per heavy atom. The van der Waals surface area contributed by atoms with Gasteiger partial charge in [0.15, 0.2) is 6.10 Å². The summed E-state index contributed by atoms with van der Waals surface area (Å²) < 4.78 is 10.6. The zero-order valence-corrected chi connectivity index (χ0v) is 13.7. The van der Waals surface area contributed by atoms with Gasteiger partial charge < -0.3 is 14.6 Å². The summed E-state index contributed by atoms with van der Waals surface area (Å²) in [5.74, 6) is -0.448. The minimum absolute atomic E-state index is 0.230. The summed E-state index contributed by atoms with van der Waals surface area (Å²) in [6, 6.07) is 1.98. The molecule has 1 N–H and O–H groups in total. The molecule has 7 nitrogen and oxygen atoms in total. The molecule has 2 aromatic heterocycles. The average Bonchev–Trinajstić information content (AvgIpc) is 3.46. The van der Waals surface area contributed by atoms with E-state index >= 15 is 0 Å². The third-order valence-electron chi connectivity index (χ3n) is 4.43. The van der Waals surface area contributed by atoms with Crippen molar-refractivity contribution in [2.75, 3.05) is 0 Å². The number of esters is 1. The number of amides is 1. The quantitative estimate of drug-likeness (QED) is 0.845. The SMILES string of the molecule is Cc1noc2nc(C3CC3)cc(C(=O)O[C@@H](C)C(=O)NC3CC3)c12. The Morgan fingerprint density at radius 3 is 2.75 bits per heavy atom. The van der Waals surface area contributed by atoms with Gasteiger partial charge in [-0.2, -0.15) is 0 Å². The Balaban J connectivity index is 1.60. The van der Waals surface area contributed by atoms with Crippen LogP contribution in [0.2, 0.25) is 0 Å². The molecule has 0 unspecified atom stereocenters. The molecule has 0 bridgehead atoms. The molecular formula is C17H19N3O4. The smallest absolute Gasteiger partial charge is 0.339 e. The van der Waals surface area contributed by atoms with Gasteiger partial charge >= 0.3 is 5.97 Å². The van der Waals surface area contributed by atoms with Crippen molar-refractivity contribution in [1.82, 2.24) is 15.5 Å².